The van der Waals surface area contributed by atoms with Crippen LogP contribution < -0.4 is 26.5 Å². The number of hydrogen-bond donors (Lipinski definition) is 3. The maximum atomic E-state index is 11.6. The van der Waals surface area contributed by atoms with Crippen molar-refractivity contribution in [3.05, 3.63) is 30.1 Å². The van der Waals surface area contributed by atoms with Crippen LogP contribution in [0.1, 0.15) is 51.0 Å². The number of nitrogens with one attached hydrogen (secondary N) is 1. The molecule has 0 aromatic carbocycles. The Morgan fingerprint density at radius 1 is 1.21 bits per heavy atom. The van der Waals surface area contributed by atoms with Crippen molar-refractivity contribution in [2.24, 2.45) is 18.5 Å². The highest BCUT2D eigenvalue weighted by Crippen LogP contribution is 2.03. The SMILES string of the molecule is CCCCc1cc[n+](C)cc1.CSCC[C@H](N)C(=O)N[C@@H](CCCCN)C(=O)[O-]. The number of carboxylic acids is 1. The van der Waals surface area contributed by atoms with E-state index in [0.29, 0.717) is 25.8 Å². The first kappa shape index (κ1) is 27.4. The number of aryl methyl sites for hydroxylation is 2. The molecule has 7 nitrogen and oxygen atoms in total. The van der Waals surface area contributed by atoms with Crippen molar-refractivity contribution in [1.82, 2.24) is 5.32 Å². The lowest BCUT2D eigenvalue weighted by Gasteiger charge is -2.21. The van der Waals surface area contributed by atoms with Gasteiger partial charge in [-0.15, -0.1) is 0 Å². The zero-order valence-corrected chi connectivity index (χ0v) is 18.9. The largest absolute Gasteiger partial charge is 0.548 e. The Balaban J connectivity index is 0.000000604. The van der Waals surface area contributed by atoms with Gasteiger partial charge in [0.25, 0.3) is 0 Å². The van der Waals surface area contributed by atoms with Crippen molar-refractivity contribution in [1.29, 1.82) is 0 Å². The van der Waals surface area contributed by atoms with E-state index in [2.05, 4.69) is 41.3 Å². The maximum absolute atomic E-state index is 11.6. The van der Waals surface area contributed by atoms with Crippen LogP contribution in [0, 0.1) is 0 Å². The van der Waals surface area contributed by atoms with Crippen LogP contribution in [0.5, 0.6) is 0 Å². The third-order valence-electron chi connectivity index (χ3n) is 4.38. The molecule has 1 heterocycles. The van der Waals surface area contributed by atoms with Crippen molar-refractivity contribution in [3.63, 3.8) is 0 Å². The Hall–Kier alpha value is -1.64. The van der Waals surface area contributed by atoms with Crippen LogP contribution in [-0.2, 0) is 23.1 Å². The number of unbranched alkanes of at least 4 members (excludes halogenated alkanes) is 2. The summed E-state index contributed by atoms with van der Waals surface area (Å²) in [6, 6.07) is 2.73. The van der Waals surface area contributed by atoms with E-state index in [1.807, 2.05) is 13.3 Å². The number of carbonyl (C=O) groups is 2. The predicted octanol–water partition coefficient (Wildman–Crippen LogP) is 0.284. The number of amides is 1. The Bertz CT molecular complexity index is 570. The van der Waals surface area contributed by atoms with Crippen LogP contribution in [0.4, 0.5) is 0 Å². The minimum Gasteiger partial charge on any atom is -0.548 e. The number of rotatable bonds is 13. The van der Waals surface area contributed by atoms with E-state index in [0.717, 1.165) is 12.2 Å². The molecular formula is C21H38N4O3S. The van der Waals surface area contributed by atoms with E-state index in [9.17, 15) is 14.7 Å². The molecule has 1 aromatic heterocycles. The second-order valence-electron chi connectivity index (χ2n) is 7.03. The lowest BCUT2D eigenvalue weighted by Crippen LogP contribution is -2.52. The number of hydrogen-bond acceptors (Lipinski definition) is 6. The highest BCUT2D eigenvalue weighted by atomic mass is 32.2. The van der Waals surface area contributed by atoms with Crippen LogP contribution in [0.15, 0.2) is 24.5 Å². The maximum Gasteiger partial charge on any atom is 0.237 e. The summed E-state index contributed by atoms with van der Waals surface area (Å²) in [5, 5.41) is 13.3. The number of thioether (sulfide) groups is 1. The third-order valence-corrected chi connectivity index (χ3v) is 5.03. The summed E-state index contributed by atoms with van der Waals surface area (Å²) in [7, 11) is 2.05. The number of pyridine rings is 1. The quantitative estimate of drug-likeness (QED) is 0.307. The minimum absolute atomic E-state index is 0.320. The van der Waals surface area contributed by atoms with Crippen LogP contribution in [0.3, 0.4) is 0 Å². The van der Waals surface area contributed by atoms with Crippen LogP contribution in [0.25, 0.3) is 0 Å². The lowest BCUT2D eigenvalue weighted by atomic mass is 10.1. The molecule has 0 bridgehead atoms. The standard InChI is InChI=1S/C11H23N3O3S.C10H16N/c1-18-7-5-8(13)10(15)14-9(11(16)17)4-2-3-6-12;1-3-4-5-10-6-8-11(2)9-7-10/h8-9H,2-7,12-13H2,1H3,(H,14,15)(H,16,17);6-9H,3-5H2,1-2H3/q;+1/p-1/t8-,9-;/m0./s1. The van der Waals surface area contributed by atoms with Crippen molar-refractivity contribution >= 4 is 23.6 Å². The average molecular weight is 427 g/mol. The van der Waals surface area contributed by atoms with Gasteiger partial charge in [-0.3, -0.25) is 4.79 Å². The average Bonchev–Trinajstić information content (AvgIpc) is 2.71. The van der Waals surface area contributed by atoms with E-state index in [4.69, 9.17) is 11.5 Å². The predicted molar refractivity (Wildman–Crippen MR) is 117 cm³/mol. The summed E-state index contributed by atoms with van der Waals surface area (Å²) in [6.45, 7) is 2.73. The first-order chi connectivity index (χ1) is 13.8. The number of nitrogens with two attached hydrogens (primary N) is 2. The molecule has 1 rings (SSSR count). The Morgan fingerprint density at radius 2 is 1.86 bits per heavy atom. The fraction of sp³-hybridized carbons (Fsp3) is 0.667. The van der Waals surface area contributed by atoms with E-state index in [1.54, 1.807) is 11.8 Å². The molecule has 8 heteroatoms. The third kappa shape index (κ3) is 14.1. The molecule has 0 fully saturated rings. The highest BCUT2D eigenvalue weighted by Gasteiger charge is 2.18. The van der Waals surface area contributed by atoms with Gasteiger partial charge in [0.1, 0.15) is 7.05 Å². The molecule has 5 N–H and O–H groups in total. The van der Waals surface area contributed by atoms with Crippen molar-refractivity contribution in [2.45, 2.75) is 64.0 Å². The summed E-state index contributed by atoms with van der Waals surface area (Å²) in [5.41, 5.74) is 12.4. The van der Waals surface area contributed by atoms with E-state index in [1.165, 1.54) is 24.8 Å². The van der Waals surface area contributed by atoms with Crippen molar-refractivity contribution in [3.8, 4) is 0 Å². The molecule has 0 aliphatic carbocycles. The lowest BCUT2D eigenvalue weighted by molar-refractivity contribution is -0.671. The summed E-state index contributed by atoms with van der Waals surface area (Å²) in [5.74, 6) is -0.957. The fourth-order valence-corrected chi connectivity index (χ4v) is 2.97. The first-order valence-corrected chi connectivity index (χ1v) is 11.6. The van der Waals surface area contributed by atoms with Crippen LogP contribution in [0.2, 0.25) is 0 Å². The number of aliphatic carboxylic acids is 1. The number of carboxylic acid groups (broad SMARTS) is 1. The molecule has 29 heavy (non-hydrogen) atoms. The summed E-state index contributed by atoms with van der Waals surface area (Å²) >= 11 is 1.59. The summed E-state index contributed by atoms with van der Waals surface area (Å²) in [6.07, 6.45) is 12.1. The number of aromatic nitrogens is 1. The Morgan fingerprint density at radius 3 is 2.38 bits per heavy atom. The first-order valence-electron chi connectivity index (χ1n) is 10.3. The topological polar surface area (TPSA) is 125 Å². The Kier molecular flexibility index (Phi) is 16.3. The van der Waals surface area contributed by atoms with Gasteiger partial charge in [0, 0.05) is 12.1 Å². The molecule has 0 saturated heterocycles. The molecule has 0 aliphatic heterocycles. The zero-order valence-electron chi connectivity index (χ0n) is 18.1. The van der Waals surface area contributed by atoms with Gasteiger partial charge in [-0.1, -0.05) is 13.3 Å². The normalized spacial score (nSPS) is 12.4. The second-order valence-corrected chi connectivity index (χ2v) is 8.01. The second kappa shape index (κ2) is 17.2. The molecular weight excluding hydrogens is 388 g/mol. The molecule has 0 unspecified atom stereocenters. The monoisotopic (exact) mass is 426 g/mol. The zero-order chi connectivity index (χ0) is 22.1. The molecule has 0 radical (unpaired) electrons. The van der Waals surface area contributed by atoms with Gasteiger partial charge in [-0.25, -0.2) is 4.57 Å². The molecule has 2 atom stereocenters. The van der Waals surface area contributed by atoms with E-state index in [-0.39, 0.29) is 0 Å². The fourth-order valence-electron chi connectivity index (χ4n) is 2.48. The van der Waals surface area contributed by atoms with Crippen LogP contribution in [-0.4, -0.2) is 42.5 Å². The number of nitrogens with zero attached hydrogens (tertiary/aromatic N) is 1. The molecule has 0 saturated carbocycles. The minimum atomic E-state index is -1.28. The van der Waals surface area contributed by atoms with Crippen molar-refractivity contribution in [2.75, 3.05) is 18.6 Å². The summed E-state index contributed by atoms with van der Waals surface area (Å²) in [4.78, 5) is 22.5. The smallest absolute Gasteiger partial charge is 0.237 e. The van der Waals surface area contributed by atoms with Gasteiger partial charge in [0.05, 0.1) is 18.1 Å². The van der Waals surface area contributed by atoms with Crippen molar-refractivity contribution < 1.29 is 19.3 Å². The molecule has 0 aliphatic rings. The van der Waals surface area contributed by atoms with Gasteiger partial charge in [0.15, 0.2) is 12.4 Å². The Labute approximate surface area is 179 Å². The van der Waals surface area contributed by atoms with Gasteiger partial charge >= 0.3 is 0 Å². The molecule has 1 amide bonds. The van der Waals surface area contributed by atoms with Gasteiger partial charge in [-0.2, -0.15) is 11.8 Å². The summed E-state index contributed by atoms with van der Waals surface area (Å²) < 4.78 is 2.06. The van der Waals surface area contributed by atoms with Gasteiger partial charge < -0.3 is 26.7 Å². The molecule has 166 valence electrons. The highest BCUT2D eigenvalue weighted by molar-refractivity contribution is 7.98. The van der Waals surface area contributed by atoms with Gasteiger partial charge in [-0.05, 0) is 62.6 Å². The van der Waals surface area contributed by atoms with E-state index < -0.39 is 24.0 Å². The van der Waals surface area contributed by atoms with Gasteiger partial charge in [0.2, 0.25) is 5.91 Å². The number of carbonyl (C=O) groups excluding carboxylic acids is 2. The molecule has 1 aromatic rings. The van der Waals surface area contributed by atoms with E-state index >= 15 is 0 Å². The molecule has 0 spiro atoms. The van der Waals surface area contributed by atoms with Crippen LogP contribution >= 0.6 is 11.8 Å².